The van der Waals surface area contributed by atoms with Gasteiger partial charge in [-0.3, -0.25) is 0 Å². The average Bonchev–Trinajstić information content (AvgIpc) is 2.42. The zero-order valence-electron chi connectivity index (χ0n) is 11.3. The van der Waals surface area contributed by atoms with Crippen molar-refractivity contribution in [2.24, 2.45) is 0 Å². The minimum atomic E-state index is 0.533. The lowest BCUT2D eigenvalue weighted by Gasteiger charge is -2.21. The Morgan fingerprint density at radius 1 is 1.18 bits per heavy atom. The van der Waals surface area contributed by atoms with Crippen molar-refractivity contribution in [3.8, 4) is 0 Å². The van der Waals surface area contributed by atoms with Crippen LogP contribution in [0.3, 0.4) is 0 Å². The molecule has 0 radical (unpaired) electrons. The molecule has 0 aliphatic carbocycles. The standard InChI is InChI=1S/C15H23NS/c1-10-7-11(2)15(12(3)8-10)14-9-17-13(4)5-6-16-14/h7-8,13-14,16H,5-6,9H2,1-4H3. The van der Waals surface area contributed by atoms with Crippen molar-refractivity contribution in [2.45, 2.75) is 45.4 Å². The zero-order chi connectivity index (χ0) is 12.4. The summed E-state index contributed by atoms with van der Waals surface area (Å²) in [5.74, 6) is 1.20. The number of nitrogens with one attached hydrogen (secondary N) is 1. The van der Waals surface area contributed by atoms with Gasteiger partial charge in [-0.15, -0.1) is 0 Å². The van der Waals surface area contributed by atoms with Gasteiger partial charge in [-0.2, -0.15) is 11.8 Å². The first kappa shape index (κ1) is 13.0. The summed E-state index contributed by atoms with van der Waals surface area (Å²) in [6.07, 6.45) is 1.28. The van der Waals surface area contributed by atoms with E-state index in [0.29, 0.717) is 6.04 Å². The third-order valence-corrected chi connectivity index (χ3v) is 4.91. The van der Waals surface area contributed by atoms with E-state index < -0.39 is 0 Å². The van der Waals surface area contributed by atoms with Gasteiger partial charge in [0.25, 0.3) is 0 Å². The Morgan fingerprint density at radius 2 is 1.82 bits per heavy atom. The van der Waals surface area contributed by atoms with Gasteiger partial charge in [-0.1, -0.05) is 24.6 Å². The van der Waals surface area contributed by atoms with E-state index in [4.69, 9.17) is 0 Å². The number of benzene rings is 1. The summed E-state index contributed by atoms with van der Waals surface area (Å²) >= 11 is 2.10. The van der Waals surface area contributed by atoms with Crippen molar-refractivity contribution >= 4 is 11.8 Å². The maximum Gasteiger partial charge on any atom is 0.0417 e. The molecule has 0 bridgehead atoms. The molecule has 0 aromatic heterocycles. The van der Waals surface area contributed by atoms with Gasteiger partial charge in [0, 0.05) is 17.0 Å². The molecule has 1 aromatic rings. The van der Waals surface area contributed by atoms with Crippen molar-refractivity contribution < 1.29 is 0 Å². The summed E-state index contributed by atoms with van der Waals surface area (Å²) in [6, 6.07) is 5.15. The molecular weight excluding hydrogens is 226 g/mol. The van der Waals surface area contributed by atoms with Gasteiger partial charge >= 0.3 is 0 Å². The molecule has 1 fully saturated rings. The molecule has 1 aliphatic heterocycles. The highest BCUT2D eigenvalue weighted by molar-refractivity contribution is 7.99. The lowest BCUT2D eigenvalue weighted by molar-refractivity contribution is 0.574. The zero-order valence-corrected chi connectivity index (χ0v) is 12.2. The van der Waals surface area contributed by atoms with Crippen molar-refractivity contribution in [3.63, 3.8) is 0 Å². The Balaban J connectivity index is 2.27. The molecule has 0 saturated carbocycles. The van der Waals surface area contributed by atoms with Gasteiger partial charge in [-0.05, 0) is 50.4 Å². The molecule has 2 atom stereocenters. The summed E-state index contributed by atoms with van der Waals surface area (Å²) in [7, 11) is 0. The Hall–Kier alpha value is -0.470. The quantitative estimate of drug-likeness (QED) is 0.813. The van der Waals surface area contributed by atoms with Crippen molar-refractivity contribution in [1.82, 2.24) is 5.32 Å². The molecule has 2 rings (SSSR count). The van der Waals surface area contributed by atoms with Crippen LogP contribution in [0.2, 0.25) is 0 Å². The molecule has 1 N–H and O–H groups in total. The van der Waals surface area contributed by atoms with Gasteiger partial charge in [-0.25, -0.2) is 0 Å². The Bertz CT molecular complexity index is 377. The van der Waals surface area contributed by atoms with E-state index in [9.17, 15) is 0 Å². The molecule has 17 heavy (non-hydrogen) atoms. The highest BCUT2D eigenvalue weighted by Gasteiger charge is 2.20. The number of hydrogen-bond acceptors (Lipinski definition) is 2. The van der Waals surface area contributed by atoms with Crippen LogP contribution in [0.1, 0.15) is 41.6 Å². The molecule has 2 unspecified atom stereocenters. The number of rotatable bonds is 1. The van der Waals surface area contributed by atoms with Crippen molar-refractivity contribution in [1.29, 1.82) is 0 Å². The van der Waals surface area contributed by atoms with Gasteiger partial charge in [0.15, 0.2) is 0 Å². The second-order valence-corrected chi connectivity index (χ2v) is 6.72. The molecule has 94 valence electrons. The van der Waals surface area contributed by atoms with E-state index in [0.717, 1.165) is 11.8 Å². The second kappa shape index (κ2) is 5.45. The largest absolute Gasteiger partial charge is 0.309 e. The molecule has 1 aromatic carbocycles. The third-order valence-electron chi connectivity index (χ3n) is 3.58. The SMILES string of the molecule is Cc1cc(C)c(C2CSC(C)CCN2)c(C)c1. The van der Waals surface area contributed by atoms with Gasteiger partial charge in [0.1, 0.15) is 0 Å². The Kier molecular flexibility index (Phi) is 4.16. The van der Waals surface area contributed by atoms with Crippen molar-refractivity contribution in [3.05, 3.63) is 34.4 Å². The minimum absolute atomic E-state index is 0.533. The first-order valence-electron chi connectivity index (χ1n) is 6.50. The average molecular weight is 249 g/mol. The molecule has 2 heteroatoms. The molecule has 0 spiro atoms. The maximum absolute atomic E-state index is 3.71. The smallest absolute Gasteiger partial charge is 0.0417 e. The van der Waals surface area contributed by atoms with Gasteiger partial charge in [0.05, 0.1) is 0 Å². The normalized spacial score (nSPS) is 25.6. The van der Waals surface area contributed by atoms with Crippen LogP contribution in [-0.4, -0.2) is 17.5 Å². The maximum atomic E-state index is 3.71. The van der Waals surface area contributed by atoms with E-state index in [1.165, 1.54) is 34.4 Å². The predicted octanol–water partition coefficient (Wildman–Crippen LogP) is 3.77. The Labute approximate surface area is 109 Å². The fourth-order valence-electron chi connectivity index (χ4n) is 2.79. The lowest BCUT2D eigenvalue weighted by atomic mass is 9.95. The topological polar surface area (TPSA) is 12.0 Å². The molecule has 1 saturated heterocycles. The van der Waals surface area contributed by atoms with E-state index in [1.54, 1.807) is 0 Å². The molecule has 1 aliphatic rings. The molecular formula is C15H23NS. The van der Waals surface area contributed by atoms with Crippen LogP contribution >= 0.6 is 11.8 Å². The van der Waals surface area contributed by atoms with Crippen LogP contribution in [-0.2, 0) is 0 Å². The highest BCUT2D eigenvalue weighted by Crippen LogP contribution is 2.30. The van der Waals surface area contributed by atoms with E-state index in [2.05, 4.69) is 56.9 Å². The third kappa shape index (κ3) is 3.05. The number of aryl methyl sites for hydroxylation is 3. The van der Waals surface area contributed by atoms with Crippen LogP contribution in [0.4, 0.5) is 0 Å². The minimum Gasteiger partial charge on any atom is -0.309 e. The highest BCUT2D eigenvalue weighted by atomic mass is 32.2. The second-order valence-electron chi connectivity index (χ2n) is 5.25. The monoisotopic (exact) mass is 249 g/mol. The van der Waals surface area contributed by atoms with Crippen LogP contribution in [0.5, 0.6) is 0 Å². The lowest BCUT2D eigenvalue weighted by Crippen LogP contribution is -2.24. The summed E-state index contributed by atoms with van der Waals surface area (Å²) in [5, 5.41) is 4.50. The summed E-state index contributed by atoms with van der Waals surface area (Å²) in [6.45, 7) is 10.2. The number of thioether (sulfide) groups is 1. The fourth-order valence-corrected chi connectivity index (χ4v) is 3.88. The van der Waals surface area contributed by atoms with Crippen LogP contribution in [0, 0.1) is 20.8 Å². The van der Waals surface area contributed by atoms with E-state index in [1.807, 2.05) is 0 Å². The van der Waals surface area contributed by atoms with Crippen LogP contribution < -0.4 is 5.32 Å². The van der Waals surface area contributed by atoms with Gasteiger partial charge in [0.2, 0.25) is 0 Å². The summed E-state index contributed by atoms with van der Waals surface area (Å²) in [4.78, 5) is 0. The van der Waals surface area contributed by atoms with E-state index >= 15 is 0 Å². The van der Waals surface area contributed by atoms with Crippen molar-refractivity contribution in [2.75, 3.05) is 12.3 Å². The summed E-state index contributed by atoms with van der Waals surface area (Å²) < 4.78 is 0. The van der Waals surface area contributed by atoms with Crippen LogP contribution in [0.25, 0.3) is 0 Å². The molecule has 0 amide bonds. The van der Waals surface area contributed by atoms with E-state index in [-0.39, 0.29) is 0 Å². The summed E-state index contributed by atoms with van der Waals surface area (Å²) in [5.41, 5.74) is 5.78. The first-order valence-corrected chi connectivity index (χ1v) is 7.55. The first-order chi connectivity index (χ1) is 8.08. The molecule has 1 nitrogen and oxygen atoms in total. The van der Waals surface area contributed by atoms with Gasteiger partial charge < -0.3 is 5.32 Å². The predicted molar refractivity (Wildman–Crippen MR) is 77.9 cm³/mol. The number of hydrogen-bond donors (Lipinski definition) is 1. The Morgan fingerprint density at radius 3 is 2.47 bits per heavy atom. The molecule has 1 heterocycles. The fraction of sp³-hybridized carbons (Fsp3) is 0.600. The van der Waals surface area contributed by atoms with Crippen LogP contribution in [0.15, 0.2) is 12.1 Å².